The number of aliphatic hydroxyl groups is 2. The van der Waals surface area contributed by atoms with Gasteiger partial charge in [-0.15, -0.1) is 0 Å². The van der Waals surface area contributed by atoms with E-state index < -0.39 is 18.4 Å². The molecule has 2 rings (SSSR count). The molecule has 2 atom stereocenters. The van der Waals surface area contributed by atoms with Crippen molar-refractivity contribution in [2.75, 3.05) is 65.6 Å². The van der Waals surface area contributed by atoms with E-state index in [2.05, 4.69) is 26.2 Å². The molecule has 1 aromatic rings. The van der Waals surface area contributed by atoms with E-state index in [0.29, 0.717) is 19.7 Å². The minimum atomic E-state index is -1.68. The van der Waals surface area contributed by atoms with Crippen molar-refractivity contribution >= 4 is 5.91 Å². The number of hydrogen-bond donors (Lipinski definition) is 6. The highest BCUT2D eigenvalue weighted by Gasteiger charge is 2.31. The summed E-state index contributed by atoms with van der Waals surface area (Å²) in [6, 6.07) is 9.21. The highest BCUT2D eigenvalue weighted by Crippen LogP contribution is 2.07. The van der Waals surface area contributed by atoms with Gasteiger partial charge in [0, 0.05) is 52.4 Å². The van der Waals surface area contributed by atoms with Gasteiger partial charge in [0.1, 0.15) is 6.04 Å². The van der Waals surface area contributed by atoms with Crippen LogP contribution in [0.25, 0.3) is 0 Å². The molecule has 1 saturated heterocycles. The average molecular weight is 424 g/mol. The monoisotopic (exact) mass is 423 g/mol. The van der Waals surface area contributed by atoms with Gasteiger partial charge in [-0.3, -0.25) is 9.69 Å². The van der Waals surface area contributed by atoms with Crippen molar-refractivity contribution < 1.29 is 19.7 Å². The van der Waals surface area contributed by atoms with Gasteiger partial charge in [0.25, 0.3) is 0 Å². The molecular formula is C21H37N5O4. The van der Waals surface area contributed by atoms with Gasteiger partial charge < -0.3 is 36.2 Å². The second-order valence-electron chi connectivity index (χ2n) is 7.72. The van der Waals surface area contributed by atoms with Gasteiger partial charge in [0.05, 0.1) is 19.8 Å². The molecular weight excluding hydrogens is 386 g/mol. The predicted octanol–water partition coefficient (Wildman–Crippen LogP) is -1.53. The largest absolute Gasteiger partial charge is 0.391 e. The van der Waals surface area contributed by atoms with Crippen LogP contribution in [-0.2, 0) is 16.1 Å². The molecule has 170 valence electrons. The number of amides is 1. The van der Waals surface area contributed by atoms with Crippen molar-refractivity contribution in [3.05, 3.63) is 35.9 Å². The Bertz CT molecular complexity index is 590. The second-order valence-corrected chi connectivity index (χ2v) is 7.72. The smallest absolute Gasteiger partial charge is 0.242 e. The molecule has 9 heteroatoms. The molecule has 30 heavy (non-hydrogen) atoms. The standard InChI is InChI=1S/C21H37N5O4/c1-21(29,17-27)25-20(28)19(16-30-15-18-5-3-2-4-6-18)26-13-11-23-9-7-22-8-10-24-12-14-26/h2-6,19,22-24,27,29H,7-17H2,1H3,(H,25,28). The number of hydrogen-bond acceptors (Lipinski definition) is 8. The molecule has 0 aromatic heterocycles. The molecule has 2 unspecified atom stereocenters. The van der Waals surface area contributed by atoms with Crippen LogP contribution in [0.4, 0.5) is 0 Å². The van der Waals surface area contributed by atoms with E-state index in [0.717, 1.165) is 44.8 Å². The van der Waals surface area contributed by atoms with Crippen LogP contribution in [0.1, 0.15) is 12.5 Å². The van der Waals surface area contributed by atoms with Gasteiger partial charge in [0.15, 0.2) is 5.72 Å². The lowest BCUT2D eigenvalue weighted by Gasteiger charge is -2.33. The van der Waals surface area contributed by atoms with Crippen molar-refractivity contribution in [1.29, 1.82) is 0 Å². The van der Waals surface area contributed by atoms with Crippen molar-refractivity contribution in [2.45, 2.75) is 25.3 Å². The summed E-state index contributed by atoms with van der Waals surface area (Å²) in [7, 11) is 0. The maximum Gasteiger partial charge on any atom is 0.242 e. The van der Waals surface area contributed by atoms with Gasteiger partial charge in [0.2, 0.25) is 5.91 Å². The lowest BCUT2D eigenvalue weighted by Crippen LogP contribution is -2.58. The summed E-state index contributed by atoms with van der Waals surface area (Å²) in [4.78, 5) is 15.0. The van der Waals surface area contributed by atoms with Crippen molar-refractivity contribution in [3.63, 3.8) is 0 Å². The first-order valence-electron chi connectivity index (χ1n) is 10.6. The third-order valence-electron chi connectivity index (χ3n) is 4.94. The van der Waals surface area contributed by atoms with Crippen LogP contribution in [0.15, 0.2) is 30.3 Å². The average Bonchev–Trinajstić information content (AvgIpc) is 2.72. The Hall–Kier alpha value is -1.59. The molecule has 0 spiro atoms. The van der Waals surface area contributed by atoms with Gasteiger partial charge in [-0.1, -0.05) is 30.3 Å². The van der Waals surface area contributed by atoms with E-state index in [1.54, 1.807) is 0 Å². The van der Waals surface area contributed by atoms with Gasteiger partial charge in [-0.05, 0) is 12.5 Å². The molecule has 1 aliphatic heterocycles. The number of nitrogens with zero attached hydrogens (tertiary/aromatic N) is 1. The third kappa shape index (κ3) is 9.48. The fraction of sp³-hybridized carbons (Fsp3) is 0.667. The maximum absolute atomic E-state index is 13.0. The van der Waals surface area contributed by atoms with E-state index >= 15 is 0 Å². The summed E-state index contributed by atoms with van der Waals surface area (Å²) < 4.78 is 5.88. The zero-order chi connectivity index (χ0) is 21.7. The lowest BCUT2D eigenvalue weighted by atomic mass is 10.2. The fourth-order valence-corrected chi connectivity index (χ4v) is 3.20. The van der Waals surface area contributed by atoms with E-state index in [9.17, 15) is 15.0 Å². The van der Waals surface area contributed by atoms with E-state index in [1.807, 2.05) is 30.3 Å². The van der Waals surface area contributed by atoms with Crippen LogP contribution in [0, 0.1) is 0 Å². The van der Waals surface area contributed by atoms with Crippen LogP contribution in [-0.4, -0.2) is 98.4 Å². The highest BCUT2D eigenvalue weighted by molar-refractivity contribution is 5.82. The Morgan fingerprint density at radius 3 is 2.23 bits per heavy atom. The fourth-order valence-electron chi connectivity index (χ4n) is 3.20. The van der Waals surface area contributed by atoms with E-state index in [-0.39, 0.29) is 12.5 Å². The van der Waals surface area contributed by atoms with Crippen molar-refractivity contribution in [3.8, 4) is 0 Å². The second kappa shape index (κ2) is 13.7. The minimum Gasteiger partial charge on any atom is -0.391 e. The number of nitrogens with one attached hydrogen (secondary N) is 4. The third-order valence-corrected chi connectivity index (χ3v) is 4.94. The van der Waals surface area contributed by atoms with Crippen LogP contribution in [0.5, 0.6) is 0 Å². The minimum absolute atomic E-state index is 0.184. The first-order valence-corrected chi connectivity index (χ1v) is 10.6. The summed E-state index contributed by atoms with van der Waals surface area (Å²) >= 11 is 0. The van der Waals surface area contributed by atoms with Crippen LogP contribution in [0.3, 0.4) is 0 Å². The number of carbonyl (C=O) groups excluding carboxylic acids is 1. The summed E-state index contributed by atoms with van der Waals surface area (Å²) in [5.41, 5.74) is -0.646. The first kappa shape index (κ1) is 24.7. The first-order chi connectivity index (χ1) is 14.5. The van der Waals surface area contributed by atoms with Gasteiger partial charge in [-0.25, -0.2) is 0 Å². The number of carbonyl (C=O) groups is 1. The Balaban J connectivity index is 2.04. The molecule has 0 bridgehead atoms. The molecule has 1 fully saturated rings. The summed E-state index contributed by atoms with van der Waals surface area (Å²) in [5, 5.41) is 32.1. The normalized spacial score (nSPS) is 20.4. The van der Waals surface area contributed by atoms with Crippen LogP contribution < -0.4 is 21.3 Å². The van der Waals surface area contributed by atoms with E-state index in [4.69, 9.17) is 4.74 Å². The van der Waals surface area contributed by atoms with Gasteiger partial charge >= 0.3 is 0 Å². The SMILES string of the molecule is CC(O)(CO)NC(=O)C(COCc1ccccc1)N1CCNCCNCCNCC1. The Kier molecular flexibility index (Phi) is 11.2. The molecule has 1 heterocycles. The topological polar surface area (TPSA) is 118 Å². The summed E-state index contributed by atoms with van der Waals surface area (Å²) in [6.45, 7) is 7.69. The quantitative estimate of drug-likeness (QED) is 0.279. The lowest BCUT2D eigenvalue weighted by molar-refractivity contribution is -0.138. The molecule has 1 aliphatic rings. The molecule has 1 aromatic carbocycles. The Morgan fingerprint density at radius 2 is 1.67 bits per heavy atom. The summed E-state index contributed by atoms with van der Waals surface area (Å²) in [5.74, 6) is -0.365. The molecule has 9 nitrogen and oxygen atoms in total. The Labute approximate surface area is 179 Å². The maximum atomic E-state index is 13.0. The zero-order valence-electron chi connectivity index (χ0n) is 17.9. The van der Waals surface area contributed by atoms with Crippen LogP contribution >= 0.6 is 0 Å². The molecule has 0 saturated carbocycles. The van der Waals surface area contributed by atoms with Gasteiger partial charge in [-0.2, -0.15) is 0 Å². The zero-order valence-corrected chi connectivity index (χ0v) is 17.9. The van der Waals surface area contributed by atoms with Crippen molar-refractivity contribution in [1.82, 2.24) is 26.2 Å². The molecule has 0 aliphatic carbocycles. The predicted molar refractivity (Wildman–Crippen MR) is 116 cm³/mol. The van der Waals surface area contributed by atoms with Crippen molar-refractivity contribution in [2.24, 2.45) is 0 Å². The number of ether oxygens (including phenoxy) is 1. The molecule has 6 N–H and O–H groups in total. The summed E-state index contributed by atoms with van der Waals surface area (Å²) in [6.07, 6.45) is 0. The number of benzene rings is 1. The van der Waals surface area contributed by atoms with Crippen LogP contribution in [0.2, 0.25) is 0 Å². The highest BCUT2D eigenvalue weighted by atomic mass is 16.5. The molecule has 0 radical (unpaired) electrons. The molecule has 1 amide bonds. The number of aliphatic hydroxyl groups excluding tert-OH is 1. The Morgan fingerprint density at radius 1 is 1.10 bits per heavy atom. The number of rotatable bonds is 8. The van der Waals surface area contributed by atoms with E-state index in [1.165, 1.54) is 6.92 Å².